The normalized spacial score (nSPS) is 22.2. The summed E-state index contributed by atoms with van der Waals surface area (Å²) in [5, 5.41) is 11.5. The van der Waals surface area contributed by atoms with Gasteiger partial charge in [0.15, 0.2) is 0 Å². The van der Waals surface area contributed by atoms with Crippen molar-refractivity contribution in [3.63, 3.8) is 0 Å². The van der Waals surface area contributed by atoms with Crippen molar-refractivity contribution in [2.75, 3.05) is 13.1 Å². The van der Waals surface area contributed by atoms with Crippen LogP contribution in [0.15, 0.2) is 17.5 Å². The molecule has 1 saturated heterocycles. The third-order valence-corrected chi connectivity index (χ3v) is 5.39. The molecule has 5 heteroatoms. The highest BCUT2D eigenvalue weighted by Gasteiger charge is 2.41. The van der Waals surface area contributed by atoms with E-state index in [4.69, 9.17) is 0 Å². The van der Waals surface area contributed by atoms with E-state index in [9.17, 15) is 14.7 Å². The number of carboxylic acids is 1. The summed E-state index contributed by atoms with van der Waals surface area (Å²) in [5.41, 5.74) is -0.734. The summed E-state index contributed by atoms with van der Waals surface area (Å²) in [4.78, 5) is 26.9. The molecule has 2 rings (SSSR count). The molecule has 0 radical (unpaired) electrons. The van der Waals surface area contributed by atoms with Crippen molar-refractivity contribution in [3.8, 4) is 0 Å². The number of aryl methyl sites for hydroxylation is 1. The molecule has 0 aliphatic carbocycles. The van der Waals surface area contributed by atoms with E-state index in [-0.39, 0.29) is 5.91 Å². The van der Waals surface area contributed by atoms with Gasteiger partial charge in [0, 0.05) is 24.4 Å². The average molecular weight is 309 g/mol. The van der Waals surface area contributed by atoms with Crippen molar-refractivity contribution < 1.29 is 14.7 Å². The molecule has 0 spiro atoms. The van der Waals surface area contributed by atoms with Gasteiger partial charge in [0.25, 0.3) is 0 Å². The van der Waals surface area contributed by atoms with Crippen molar-refractivity contribution in [2.24, 2.45) is 5.41 Å². The monoisotopic (exact) mass is 309 g/mol. The number of carbonyl (C=O) groups excluding carboxylic acids is 1. The Balaban J connectivity index is 1.85. The molecule has 4 nitrogen and oxygen atoms in total. The van der Waals surface area contributed by atoms with Crippen LogP contribution in [0, 0.1) is 5.41 Å². The second-order valence-electron chi connectivity index (χ2n) is 5.79. The van der Waals surface area contributed by atoms with Gasteiger partial charge < -0.3 is 10.0 Å². The molecule has 1 N–H and O–H groups in total. The van der Waals surface area contributed by atoms with Crippen LogP contribution >= 0.6 is 11.3 Å². The zero-order chi connectivity index (χ0) is 15.3. The molecule has 0 saturated carbocycles. The van der Waals surface area contributed by atoms with Gasteiger partial charge in [0.05, 0.1) is 5.41 Å². The maximum atomic E-state index is 12.3. The van der Waals surface area contributed by atoms with Crippen molar-refractivity contribution in [1.29, 1.82) is 0 Å². The van der Waals surface area contributed by atoms with Gasteiger partial charge in [-0.3, -0.25) is 9.59 Å². The predicted octanol–water partition coefficient (Wildman–Crippen LogP) is 3.17. The number of thiophene rings is 1. The zero-order valence-corrected chi connectivity index (χ0v) is 13.3. The second kappa shape index (κ2) is 7.07. The molecule has 116 valence electrons. The Hall–Kier alpha value is -1.36. The first kappa shape index (κ1) is 16.0. The lowest BCUT2D eigenvalue weighted by atomic mass is 9.77. The number of piperidine rings is 1. The van der Waals surface area contributed by atoms with Crippen LogP contribution in [0.4, 0.5) is 0 Å². The second-order valence-corrected chi connectivity index (χ2v) is 6.82. The SMILES string of the molecule is CCC1(C(=O)O)CCCN(C(=O)CCCc2cccs2)C1. The highest BCUT2D eigenvalue weighted by atomic mass is 32.1. The van der Waals surface area contributed by atoms with Gasteiger partial charge in [-0.15, -0.1) is 11.3 Å². The van der Waals surface area contributed by atoms with Crippen molar-refractivity contribution in [2.45, 2.75) is 45.4 Å². The summed E-state index contributed by atoms with van der Waals surface area (Å²) >= 11 is 1.71. The van der Waals surface area contributed by atoms with Crippen molar-refractivity contribution in [3.05, 3.63) is 22.4 Å². The first-order valence-electron chi connectivity index (χ1n) is 7.61. The highest BCUT2D eigenvalue weighted by molar-refractivity contribution is 7.09. The van der Waals surface area contributed by atoms with Gasteiger partial charge in [-0.2, -0.15) is 0 Å². The van der Waals surface area contributed by atoms with Crippen LogP contribution in [0.2, 0.25) is 0 Å². The molecular formula is C16H23NO3S. The minimum Gasteiger partial charge on any atom is -0.481 e. The molecule has 1 aliphatic rings. The summed E-state index contributed by atoms with van der Waals surface area (Å²) in [6.45, 7) is 2.97. The Morgan fingerprint density at radius 1 is 1.48 bits per heavy atom. The summed E-state index contributed by atoms with van der Waals surface area (Å²) in [7, 11) is 0. The number of hydrogen-bond acceptors (Lipinski definition) is 3. The molecule has 1 aromatic rings. The van der Waals surface area contributed by atoms with Crippen LogP contribution in [0.3, 0.4) is 0 Å². The van der Waals surface area contributed by atoms with E-state index in [1.807, 2.05) is 18.4 Å². The predicted molar refractivity (Wildman–Crippen MR) is 83.4 cm³/mol. The van der Waals surface area contributed by atoms with Gasteiger partial charge in [0.2, 0.25) is 5.91 Å². The molecule has 0 bridgehead atoms. The van der Waals surface area contributed by atoms with Gasteiger partial charge in [0.1, 0.15) is 0 Å². The van der Waals surface area contributed by atoms with Crippen molar-refractivity contribution >= 4 is 23.2 Å². The Morgan fingerprint density at radius 3 is 2.90 bits per heavy atom. The molecule has 2 heterocycles. The Bertz CT molecular complexity index is 486. The minimum absolute atomic E-state index is 0.102. The molecule has 1 aromatic heterocycles. The van der Waals surface area contributed by atoms with Crippen LogP contribution < -0.4 is 0 Å². The quantitative estimate of drug-likeness (QED) is 0.878. The van der Waals surface area contributed by atoms with Gasteiger partial charge >= 0.3 is 5.97 Å². The van der Waals surface area contributed by atoms with Crippen LogP contribution in [0.1, 0.15) is 43.9 Å². The summed E-state index contributed by atoms with van der Waals surface area (Å²) in [6, 6.07) is 4.11. The first-order valence-corrected chi connectivity index (χ1v) is 8.49. The lowest BCUT2D eigenvalue weighted by Gasteiger charge is -2.39. The number of rotatable bonds is 6. The fraction of sp³-hybridized carbons (Fsp3) is 0.625. The number of hydrogen-bond donors (Lipinski definition) is 1. The summed E-state index contributed by atoms with van der Waals surface area (Å²) in [6.07, 6.45) is 4.32. The topological polar surface area (TPSA) is 57.6 Å². The average Bonchev–Trinajstić information content (AvgIpc) is 3.00. The highest BCUT2D eigenvalue weighted by Crippen LogP contribution is 2.34. The third kappa shape index (κ3) is 3.84. The van der Waals surface area contributed by atoms with E-state index in [0.717, 1.165) is 19.3 Å². The molecule has 1 aliphatic heterocycles. The lowest BCUT2D eigenvalue weighted by Crippen LogP contribution is -2.49. The Morgan fingerprint density at radius 2 is 2.29 bits per heavy atom. The zero-order valence-electron chi connectivity index (χ0n) is 12.5. The molecule has 1 fully saturated rings. The maximum absolute atomic E-state index is 12.3. The third-order valence-electron chi connectivity index (χ3n) is 4.45. The van der Waals surface area contributed by atoms with Crippen molar-refractivity contribution in [1.82, 2.24) is 4.90 Å². The van der Waals surface area contributed by atoms with Gasteiger partial charge in [-0.05, 0) is 43.6 Å². The number of likely N-dealkylation sites (tertiary alicyclic amines) is 1. The fourth-order valence-electron chi connectivity index (χ4n) is 2.99. The number of nitrogens with zero attached hydrogens (tertiary/aromatic N) is 1. The van der Waals surface area contributed by atoms with Gasteiger partial charge in [-0.1, -0.05) is 13.0 Å². The van der Waals surface area contributed by atoms with E-state index >= 15 is 0 Å². The molecule has 21 heavy (non-hydrogen) atoms. The summed E-state index contributed by atoms with van der Waals surface area (Å²) in [5.74, 6) is -0.661. The van der Waals surface area contributed by atoms with Gasteiger partial charge in [-0.25, -0.2) is 0 Å². The molecule has 0 aromatic carbocycles. The number of amides is 1. The molecule has 1 amide bonds. The Labute approximate surface area is 129 Å². The summed E-state index contributed by atoms with van der Waals surface area (Å²) < 4.78 is 0. The Kier molecular flexibility index (Phi) is 5.39. The fourth-order valence-corrected chi connectivity index (χ4v) is 3.74. The smallest absolute Gasteiger partial charge is 0.311 e. The minimum atomic E-state index is -0.763. The number of aliphatic carboxylic acids is 1. The number of carboxylic acid groups (broad SMARTS) is 1. The van der Waals surface area contributed by atoms with Crippen LogP contribution in [0.5, 0.6) is 0 Å². The maximum Gasteiger partial charge on any atom is 0.311 e. The van der Waals surface area contributed by atoms with Crippen LogP contribution in [0.25, 0.3) is 0 Å². The largest absolute Gasteiger partial charge is 0.481 e. The van der Waals surface area contributed by atoms with E-state index < -0.39 is 11.4 Å². The standard InChI is InChI=1S/C16H23NO3S/c1-2-16(15(19)20)9-5-10-17(12-16)14(18)8-3-6-13-7-4-11-21-13/h4,7,11H,2-3,5-6,8-10,12H2,1H3,(H,19,20). The molecule has 1 atom stereocenters. The van der Waals surface area contributed by atoms with E-state index in [2.05, 4.69) is 6.07 Å². The van der Waals surface area contributed by atoms with Crippen LogP contribution in [-0.2, 0) is 16.0 Å². The van der Waals surface area contributed by atoms with E-state index in [0.29, 0.717) is 32.4 Å². The van der Waals surface area contributed by atoms with E-state index in [1.54, 1.807) is 16.2 Å². The van der Waals surface area contributed by atoms with E-state index in [1.165, 1.54) is 4.88 Å². The molecular weight excluding hydrogens is 286 g/mol. The molecule has 1 unspecified atom stereocenters. The lowest BCUT2D eigenvalue weighted by molar-refractivity contribution is -0.155. The number of carbonyl (C=O) groups is 2. The first-order chi connectivity index (χ1) is 10.1. The van der Waals surface area contributed by atoms with Crippen LogP contribution in [-0.4, -0.2) is 35.0 Å².